The Morgan fingerprint density at radius 3 is 3.16 bits per heavy atom. The third-order valence-corrected chi connectivity index (χ3v) is 4.85. The van der Waals surface area contributed by atoms with E-state index in [-0.39, 0.29) is 5.97 Å². The number of pyridine rings is 1. The van der Waals surface area contributed by atoms with Gasteiger partial charge in [-0.05, 0) is 30.7 Å². The van der Waals surface area contributed by atoms with Crippen LogP contribution in [-0.4, -0.2) is 28.2 Å². The van der Waals surface area contributed by atoms with Crippen molar-refractivity contribution in [3.63, 3.8) is 0 Å². The number of hydrogen-bond acceptors (Lipinski definition) is 4. The van der Waals surface area contributed by atoms with E-state index < -0.39 is 0 Å². The molecular weight excluding hydrogens is 260 g/mol. The Hall–Kier alpha value is -1.49. The lowest BCUT2D eigenvalue weighted by molar-refractivity contribution is 0.0602. The SMILES string of the molecule is COC(=O)c1cccn2c(C3CCCCS3)ncc12. The highest BCUT2D eigenvalue weighted by atomic mass is 32.2. The van der Waals surface area contributed by atoms with Gasteiger partial charge in [0.15, 0.2) is 0 Å². The van der Waals surface area contributed by atoms with Gasteiger partial charge in [0.1, 0.15) is 5.82 Å². The molecule has 1 fully saturated rings. The first kappa shape index (κ1) is 12.5. The van der Waals surface area contributed by atoms with E-state index in [0.29, 0.717) is 10.8 Å². The van der Waals surface area contributed by atoms with E-state index in [1.807, 2.05) is 28.4 Å². The number of fused-ring (bicyclic) bond motifs is 1. The van der Waals surface area contributed by atoms with Crippen LogP contribution >= 0.6 is 11.8 Å². The van der Waals surface area contributed by atoms with Gasteiger partial charge in [0.25, 0.3) is 0 Å². The molecular formula is C14H16N2O2S. The van der Waals surface area contributed by atoms with Gasteiger partial charge < -0.3 is 9.14 Å². The standard InChI is InChI=1S/C14H16N2O2S/c1-18-14(17)10-5-4-7-16-11(10)9-15-13(16)12-6-2-3-8-19-12/h4-5,7,9,12H,2-3,6,8H2,1H3. The summed E-state index contributed by atoms with van der Waals surface area (Å²) < 4.78 is 6.84. The molecule has 5 heteroatoms. The van der Waals surface area contributed by atoms with Crippen molar-refractivity contribution < 1.29 is 9.53 Å². The molecule has 1 aliphatic rings. The second-order valence-electron chi connectivity index (χ2n) is 4.64. The third kappa shape index (κ3) is 2.23. The lowest BCUT2D eigenvalue weighted by Gasteiger charge is -2.20. The summed E-state index contributed by atoms with van der Waals surface area (Å²) in [4.78, 5) is 16.3. The minimum absolute atomic E-state index is 0.312. The average molecular weight is 276 g/mol. The molecule has 2 aromatic heterocycles. The summed E-state index contributed by atoms with van der Waals surface area (Å²) in [7, 11) is 1.40. The van der Waals surface area contributed by atoms with Crippen molar-refractivity contribution in [3.05, 3.63) is 35.9 Å². The van der Waals surface area contributed by atoms with Gasteiger partial charge in [-0.3, -0.25) is 0 Å². The number of carbonyl (C=O) groups excluding carboxylic acids is 1. The zero-order valence-electron chi connectivity index (χ0n) is 10.8. The van der Waals surface area contributed by atoms with Crippen LogP contribution in [0.15, 0.2) is 24.5 Å². The number of methoxy groups -OCH3 is 1. The van der Waals surface area contributed by atoms with Gasteiger partial charge in [0, 0.05) is 6.20 Å². The Kier molecular flexibility index (Phi) is 3.46. The molecule has 3 heterocycles. The van der Waals surface area contributed by atoms with Gasteiger partial charge in [-0.15, -0.1) is 0 Å². The van der Waals surface area contributed by atoms with E-state index in [0.717, 1.165) is 17.8 Å². The van der Waals surface area contributed by atoms with Crippen LogP contribution in [-0.2, 0) is 4.74 Å². The number of hydrogen-bond donors (Lipinski definition) is 0. The van der Waals surface area contributed by atoms with E-state index in [1.165, 1.54) is 25.7 Å². The Morgan fingerprint density at radius 2 is 2.42 bits per heavy atom. The minimum Gasteiger partial charge on any atom is -0.465 e. The molecule has 1 aliphatic heterocycles. The van der Waals surface area contributed by atoms with Crippen LogP contribution in [0.2, 0.25) is 0 Å². The summed E-state index contributed by atoms with van der Waals surface area (Å²) in [6.45, 7) is 0. The van der Waals surface area contributed by atoms with E-state index in [2.05, 4.69) is 4.98 Å². The molecule has 0 N–H and O–H groups in total. The van der Waals surface area contributed by atoms with Crippen molar-refractivity contribution in [2.24, 2.45) is 0 Å². The van der Waals surface area contributed by atoms with Crippen molar-refractivity contribution in [1.29, 1.82) is 0 Å². The highest BCUT2D eigenvalue weighted by Gasteiger charge is 2.22. The highest BCUT2D eigenvalue weighted by Crippen LogP contribution is 2.37. The fraction of sp³-hybridized carbons (Fsp3) is 0.429. The Morgan fingerprint density at radius 1 is 1.53 bits per heavy atom. The Balaban J connectivity index is 2.05. The molecule has 3 rings (SSSR count). The zero-order chi connectivity index (χ0) is 13.2. The van der Waals surface area contributed by atoms with Crippen LogP contribution < -0.4 is 0 Å². The largest absolute Gasteiger partial charge is 0.465 e. The van der Waals surface area contributed by atoms with Crippen LogP contribution in [0.5, 0.6) is 0 Å². The second-order valence-corrected chi connectivity index (χ2v) is 5.95. The summed E-state index contributed by atoms with van der Waals surface area (Å²) in [5.74, 6) is 1.93. The van der Waals surface area contributed by atoms with Crippen LogP contribution in [0.3, 0.4) is 0 Å². The van der Waals surface area contributed by atoms with Gasteiger partial charge in [0.2, 0.25) is 0 Å². The molecule has 2 aromatic rings. The number of thioether (sulfide) groups is 1. The molecule has 19 heavy (non-hydrogen) atoms. The number of esters is 1. The molecule has 4 nitrogen and oxygen atoms in total. The van der Waals surface area contributed by atoms with E-state index in [1.54, 1.807) is 12.3 Å². The molecule has 1 unspecified atom stereocenters. The van der Waals surface area contributed by atoms with Crippen LogP contribution in [0.4, 0.5) is 0 Å². The first-order valence-corrected chi connectivity index (χ1v) is 7.52. The van der Waals surface area contributed by atoms with Crippen molar-refractivity contribution in [3.8, 4) is 0 Å². The molecule has 0 saturated carbocycles. The summed E-state index contributed by atoms with van der Waals surface area (Å²) >= 11 is 1.96. The number of rotatable bonds is 2. The van der Waals surface area contributed by atoms with E-state index in [4.69, 9.17) is 4.74 Å². The van der Waals surface area contributed by atoms with Crippen LogP contribution in [0.25, 0.3) is 5.52 Å². The number of ether oxygens (including phenoxy) is 1. The zero-order valence-corrected chi connectivity index (χ0v) is 11.7. The third-order valence-electron chi connectivity index (χ3n) is 3.47. The first-order chi connectivity index (χ1) is 9.31. The maximum absolute atomic E-state index is 11.7. The fourth-order valence-electron chi connectivity index (χ4n) is 2.51. The molecule has 1 saturated heterocycles. The molecule has 0 spiro atoms. The van der Waals surface area contributed by atoms with Crippen LogP contribution in [0, 0.1) is 0 Å². The molecule has 0 amide bonds. The fourth-order valence-corrected chi connectivity index (χ4v) is 3.82. The maximum atomic E-state index is 11.7. The monoisotopic (exact) mass is 276 g/mol. The van der Waals surface area contributed by atoms with Crippen molar-refractivity contribution in [2.75, 3.05) is 12.9 Å². The quantitative estimate of drug-likeness (QED) is 0.791. The first-order valence-electron chi connectivity index (χ1n) is 6.47. The Labute approximate surface area is 116 Å². The summed E-state index contributed by atoms with van der Waals surface area (Å²) in [5.41, 5.74) is 1.40. The molecule has 0 radical (unpaired) electrons. The number of nitrogens with zero attached hydrogens (tertiary/aromatic N) is 2. The minimum atomic E-state index is -0.312. The maximum Gasteiger partial charge on any atom is 0.340 e. The van der Waals surface area contributed by atoms with Crippen molar-refractivity contribution in [2.45, 2.75) is 24.5 Å². The lowest BCUT2D eigenvalue weighted by Crippen LogP contribution is -2.08. The van der Waals surface area contributed by atoms with E-state index >= 15 is 0 Å². The predicted molar refractivity (Wildman–Crippen MR) is 75.6 cm³/mol. The van der Waals surface area contributed by atoms with Gasteiger partial charge >= 0.3 is 5.97 Å². The van der Waals surface area contributed by atoms with E-state index in [9.17, 15) is 4.79 Å². The van der Waals surface area contributed by atoms with Crippen LogP contribution in [0.1, 0.15) is 40.7 Å². The summed E-state index contributed by atoms with van der Waals surface area (Å²) in [5, 5.41) is 0.434. The second kappa shape index (κ2) is 5.25. The normalized spacial score (nSPS) is 19.5. The smallest absolute Gasteiger partial charge is 0.340 e. The van der Waals surface area contributed by atoms with Crippen molar-refractivity contribution in [1.82, 2.24) is 9.38 Å². The molecule has 0 aliphatic carbocycles. The van der Waals surface area contributed by atoms with Gasteiger partial charge in [-0.1, -0.05) is 6.42 Å². The predicted octanol–water partition coefficient (Wildman–Crippen LogP) is 3.08. The topological polar surface area (TPSA) is 43.6 Å². The lowest BCUT2D eigenvalue weighted by atomic mass is 10.2. The van der Waals surface area contributed by atoms with Gasteiger partial charge in [-0.2, -0.15) is 11.8 Å². The Bertz CT molecular complexity index is 603. The van der Waals surface area contributed by atoms with Gasteiger partial charge in [-0.25, -0.2) is 9.78 Å². The number of carbonyl (C=O) groups is 1. The number of aromatic nitrogens is 2. The summed E-state index contributed by atoms with van der Waals surface area (Å²) in [6.07, 6.45) is 7.45. The molecule has 0 bridgehead atoms. The van der Waals surface area contributed by atoms with Gasteiger partial charge in [0.05, 0.1) is 29.6 Å². The molecule has 0 aromatic carbocycles. The number of imidazole rings is 1. The van der Waals surface area contributed by atoms with Crippen molar-refractivity contribution >= 4 is 23.2 Å². The highest BCUT2D eigenvalue weighted by molar-refractivity contribution is 7.99. The average Bonchev–Trinajstić information content (AvgIpc) is 2.91. The molecule has 100 valence electrons. The summed E-state index contributed by atoms with van der Waals surface area (Å²) in [6, 6.07) is 3.65. The molecule has 1 atom stereocenters.